The number of carbonyl (C=O) groups excluding carboxylic acids is 1. The van der Waals surface area contributed by atoms with Crippen molar-refractivity contribution in [3.63, 3.8) is 0 Å². The predicted octanol–water partition coefficient (Wildman–Crippen LogP) is 3.12. The van der Waals surface area contributed by atoms with Gasteiger partial charge in [0, 0.05) is 34.4 Å². The molecule has 1 aromatic heterocycles. The Morgan fingerprint density at radius 3 is 2.73 bits per heavy atom. The van der Waals surface area contributed by atoms with E-state index in [0.717, 1.165) is 30.6 Å². The van der Waals surface area contributed by atoms with Gasteiger partial charge in [0.05, 0.1) is 0 Å². The maximum Gasteiger partial charge on any atom is 0.248 e. The second-order valence-electron chi connectivity index (χ2n) is 7.17. The summed E-state index contributed by atoms with van der Waals surface area (Å²) in [4.78, 5) is 25.2. The average Bonchev–Trinajstić information content (AvgIpc) is 3.22. The molecule has 1 aliphatic rings. The quantitative estimate of drug-likeness (QED) is 0.481. The van der Waals surface area contributed by atoms with Gasteiger partial charge in [-0.25, -0.2) is 0 Å². The Morgan fingerprint density at radius 1 is 1.17 bits per heavy atom. The summed E-state index contributed by atoms with van der Waals surface area (Å²) in [6.45, 7) is 3.73. The number of carbonyl (C=O) groups is 1. The maximum atomic E-state index is 11.6. The highest BCUT2D eigenvalue weighted by Gasteiger charge is 2.17. The molecule has 4 rings (SSSR count). The van der Waals surface area contributed by atoms with Crippen LogP contribution in [0.4, 0.5) is 17.6 Å². The Balaban J connectivity index is 1.72. The largest absolute Gasteiger partial charge is 0.366 e. The molecule has 1 atom stereocenters. The summed E-state index contributed by atoms with van der Waals surface area (Å²) in [6, 6.07) is 12.8. The van der Waals surface area contributed by atoms with Crippen molar-refractivity contribution in [3.8, 4) is 11.4 Å². The smallest absolute Gasteiger partial charge is 0.248 e. The van der Waals surface area contributed by atoms with Crippen LogP contribution in [-0.4, -0.2) is 40.0 Å². The number of rotatable bonds is 6. The number of amides is 1. The summed E-state index contributed by atoms with van der Waals surface area (Å²) in [7, 11) is 0. The van der Waals surface area contributed by atoms with Gasteiger partial charge in [-0.3, -0.25) is 4.79 Å². The number of hydrogen-bond acceptors (Lipinski definition) is 7. The molecular formula is C21H22ClN7O. The predicted molar refractivity (Wildman–Crippen MR) is 118 cm³/mol. The van der Waals surface area contributed by atoms with E-state index in [1.807, 2.05) is 25.1 Å². The van der Waals surface area contributed by atoms with E-state index in [1.165, 1.54) is 0 Å². The minimum absolute atomic E-state index is 0.243. The van der Waals surface area contributed by atoms with Gasteiger partial charge in [0.2, 0.25) is 17.8 Å². The van der Waals surface area contributed by atoms with E-state index < -0.39 is 5.91 Å². The number of nitrogens with two attached hydrogens (primary N) is 1. The highest BCUT2D eigenvalue weighted by Crippen LogP contribution is 2.25. The topological polar surface area (TPSA) is 118 Å². The molecular weight excluding hydrogens is 402 g/mol. The number of benzene rings is 2. The second-order valence-corrected chi connectivity index (χ2v) is 7.61. The van der Waals surface area contributed by atoms with Gasteiger partial charge in [-0.2, -0.15) is 15.0 Å². The number of nitrogens with one attached hydrogen (secondary N) is 3. The highest BCUT2D eigenvalue weighted by molar-refractivity contribution is 6.30. The van der Waals surface area contributed by atoms with E-state index in [1.54, 1.807) is 24.3 Å². The zero-order valence-corrected chi connectivity index (χ0v) is 17.2. The Morgan fingerprint density at radius 2 is 2.00 bits per heavy atom. The van der Waals surface area contributed by atoms with Crippen LogP contribution in [0.15, 0.2) is 42.5 Å². The van der Waals surface area contributed by atoms with Gasteiger partial charge in [0.25, 0.3) is 0 Å². The molecule has 1 fully saturated rings. The van der Waals surface area contributed by atoms with Crippen LogP contribution in [0.1, 0.15) is 22.3 Å². The first-order valence-electron chi connectivity index (χ1n) is 9.65. The summed E-state index contributed by atoms with van der Waals surface area (Å²) in [5.41, 5.74) is 8.23. The lowest BCUT2D eigenvalue weighted by atomic mass is 10.1. The molecule has 8 nitrogen and oxygen atoms in total. The molecule has 0 radical (unpaired) electrons. The van der Waals surface area contributed by atoms with Crippen LogP contribution in [0.5, 0.6) is 0 Å². The molecule has 30 heavy (non-hydrogen) atoms. The first-order valence-corrected chi connectivity index (χ1v) is 10.0. The van der Waals surface area contributed by atoms with Crippen molar-refractivity contribution in [2.45, 2.75) is 19.4 Å². The molecule has 5 N–H and O–H groups in total. The van der Waals surface area contributed by atoms with E-state index >= 15 is 0 Å². The SMILES string of the molecule is Cc1ccc(C(N)=O)cc1Nc1nc(NC2CCNC2)nc(-c2cccc(Cl)c2)n1. The summed E-state index contributed by atoms with van der Waals surface area (Å²) in [5.74, 6) is 0.828. The maximum absolute atomic E-state index is 11.6. The molecule has 2 heterocycles. The molecule has 0 saturated carbocycles. The molecule has 1 saturated heterocycles. The van der Waals surface area contributed by atoms with Crippen LogP contribution in [0, 0.1) is 6.92 Å². The third-order valence-corrected chi connectivity index (χ3v) is 5.12. The third kappa shape index (κ3) is 4.67. The number of halogens is 1. The molecule has 0 spiro atoms. The number of aromatic nitrogens is 3. The fourth-order valence-corrected chi connectivity index (χ4v) is 3.43. The van der Waals surface area contributed by atoms with Crippen molar-refractivity contribution < 1.29 is 4.79 Å². The van der Waals surface area contributed by atoms with E-state index in [-0.39, 0.29) is 6.04 Å². The standard InChI is InChI=1S/C21H22ClN7O/c1-12-5-6-13(18(23)30)10-17(12)26-21-28-19(14-3-2-4-15(22)9-14)27-20(29-21)25-16-7-8-24-11-16/h2-6,9-10,16,24H,7-8,11H2,1H3,(H2,23,30)(H2,25,26,27,28,29). The van der Waals surface area contributed by atoms with Crippen molar-refractivity contribution in [3.05, 3.63) is 58.6 Å². The monoisotopic (exact) mass is 423 g/mol. The molecule has 1 amide bonds. The molecule has 154 valence electrons. The first kappa shape index (κ1) is 20.1. The fraction of sp³-hybridized carbons (Fsp3) is 0.238. The Hall–Kier alpha value is -3.23. The number of aryl methyl sites for hydroxylation is 1. The number of primary amides is 1. The average molecular weight is 424 g/mol. The summed E-state index contributed by atoms with van der Waals surface area (Å²) in [6.07, 6.45) is 0.987. The van der Waals surface area contributed by atoms with E-state index in [0.29, 0.717) is 34.0 Å². The minimum atomic E-state index is -0.496. The van der Waals surface area contributed by atoms with Gasteiger partial charge in [-0.15, -0.1) is 0 Å². The van der Waals surface area contributed by atoms with Crippen molar-refractivity contribution in [2.75, 3.05) is 23.7 Å². The van der Waals surface area contributed by atoms with E-state index in [9.17, 15) is 4.79 Å². The van der Waals surface area contributed by atoms with Gasteiger partial charge in [-0.1, -0.05) is 29.8 Å². The Bertz CT molecular complexity index is 1080. The second kappa shape index (κ2) is 8.64. The lowest BCUT2D eigenvalue weighted by Crippen LogP contribution is -2.24. The fourth-order valence-electron chi connectivity index (χ4n) is 3.24. The summed E-state index contributed by atoms with van der Waals surface area (Å²) in [5, 5.41) is 10.5. The molecule has 9 heteroatoms. The Labute approximate surface area is 179 Å². The van der Waals surface area contributed by atoms with Crippen LogP contribution in [0.2, 0.25) is 5.02 Å². The molecule has 0 aliphatic carbocycles. The molecule has 2 aromatic carbocycles. The van der Waals surface area contributed by atoms with Crippen molar-refractivity contribution in [2.24, 2.45) is 5.73 Å². The first-order chi connectivity index (χ1) is 14.5. The zero-order valence-electron chi connectivity index (χ0n) is 16.4. The van der Waals surface area contributed by atoms with Gasteiger partial charge < -0.3 is 21.7 Å². The van der Waals surface area contributed by atoms with Crippen LogP contribution in [0.25, 0.3) is 11.4 Å². The molecule has 3 aromatic rings. The van der Waals surface area contributed by atoms with Crippen molar-refractivity contribution in [1.29, 1.82) is 0 Å². The number of hydrogen-bond donors (Lipinski definition) is 4. The van der Waals surface area contributed by atoms with Crippen LogP contribution < -0.4 is 21.7 Å². The van der Waals surface area contributed by atoms with E-state index in [2.05, 4.69) is 30.9 Å². The van der Waals surface area contributed by atoms with Gasteiger partial charge in [0.15, 0.2) is 5.82 Å². The van der Waals surface area contributed by atoms with Gasteiger partial charge in [0.1, 0.15) is 0 Å². The van der Waals surface area contributed by atoms with Crippen molar-refractivity contribution >= 4 is 35.1 Å². The lowest BCUT2D eigenvalue weighted by Gasteiger charge is -2.15. The normalized spacial score (nSPS) is 15.7. The van der Waals surface area contributed by atoms with Crippen molar-refractivity contribution in [1.82, 2.24) is 20.3 Å². The zero-order chi connectivity index (χ0) is 21.1. The minimum Gasteiger partial charge on any atom is -0.366 e. The molecule has 1 unspecified atom stereocenters. The van der Waals surface area contributed by atoms with Crippen LogP contribution in [0.3, 0.4) is 0 Å². The lowest BCUT2D eigenvalue weighted by molar-refractivity contribution is 0.100. The summed E-state index contributed by atoms with van der Waals surface area (Å²) < 4.78 is 0. The third-order valence-electron chi connectivity index (χ3n) is 4.88. The number of anilines is 3. The molecule has 1 aliphatic heterocycles. The van der Waals surface area contributed by atoms with Gasteiger partial charge in [-0.05, 0) is 49.7 Å². The highest BCUT2D eigenvalue weighted by atomic mass is 35.5. The van der Waals surface area contributed by atoms with Gasteiger partial charge >= 0.3 is 0 Å². The van der Waals surface area contributed by atoms with Crippen LogP contribution >= 0.6 is 11.6 Å². The van der Waals surface area contributed by atoms with E-state index in [4.69, 9.17) is 17.3 Å². The summed E-state index contributed by atoms with van der Waals surface area (Å²) >= 11 is 6.15. The Kier molecular flexibility index (Phi) is 5.78. The number of nitrogens with zero attached hydrogens (tertiary/aromatic N) is 3. The molecule has 0 bridgehead atoms. The van der Waals surface area contributed by atoms with Crippen LogP contribution in [-0.2, 0) is 0 Å².